The van der Waals surface area contributed by atoms with Crippen molar-refractivity contribution in [1.82, 2.24) is 5.16 Å². The third kappa shape index (κ3) is 2.57. The average molecular weight is 343 g/mol. The molecular formula is C15H6F5NO3. The molecule has 1 heterocycles. The zero-order valence-corrected chi connectivity index (χ0v) is 11.6. The number of rotatable bonds is 3. The Morgan fingerprint density at radius 3 is 2.21 bits per heavy atom. The minimum absolute atomic E-state index is 0.0967. The van der Waals surface area contributed by atoms with Crippen LogP contribution < -0.4 is 4.74 Å². The molecule has 24 heavy (non-hydrogen) atoms. The SMILES string of the molecule is O=C(Cc1noc2ccccc12)Oc1c(F)c(F)c(F)c(F)c1F. The van der Waals surface area contributed by atoms with Crippen LogP contribution in [0.4, 0.5) is 22.0 Å². The molecular weight excluding hydrogens is 337 g/mol. The summed E-state index contributed by atoms with van der Waals surface area (Å²) < 4.78 is 75.2. The molecule has 0 amide bonds. The molecule has 0 saturated carbocycles. The van der Waals surface area contributed by atoms with Gasteiger partial charge in [0.2, 0.25) is 34.8 Å². The second-order valence-corrected chi connectivity index (χ2v) is 4.68. The summed E-state index contributed by atoms with van der Waals surface area (Å²) in [6, 6.07) is 6.44. The Hall–Kier alpha value is -2.97. The Kier molecular flexibility index (Phi) is 3.92. The molecule has 0 N–H and O–H groups in total. The molecule has 3 aromatic rings. The molecule has 0 radical (unpaired) electrons. The summed E-state index contributed by atoms with van der Waals surface area (Å²) in [5, 5.41) is 4.05. The zero-order chi connectivity index (χ0) is 17.4. The maximum atomic E-state index is 13.5. The third-order valence-corrected chi connectivity index (χ3v) is 3.15. The fourth-order valence-electron chi connectivity index (χ4n) is 2.03. The predicted molar refractivity (Wildman–Crippen MR) is 69.6 cm³/mol. The molecule has 1 aromatic heterocycles. The molecule has 9 heteroatoms. The fraction of sp³-hybridized carbons (Fsp3) is 0.0667. The maximum Gasteiger partial charge on any atom is 0.317 e. The van der Waals surface area contributed by atoms with Gasteiger partial charge in [-0.1, -0.05) is 17.3 Å². The van der Waals surface area contributed by atoms with Gasteiger partial charge in [0.1, 0.15) is 5.69 Å². The van der Waals surface area contributed by atoms with Crippen LogP contribution in [0.5, 0.6) is 5.75 Å². The molecule has 0 bridgehead atoms. The van der Waals surface area contributed by atoms with Crippen LogP contribution in [0.3, 0.4) is 0 Å². The van der Waals surface area contributed by atoms with Crippen LogP contribution in [-0.2, 0) is 11.2 Å². The number of benzene rings is 2. The first-order chi connectivity index (χ1) is 11.4. The highest BCUT2D eigenvalue weighted by molar-refractivity contribution is 5.84. The van der Waals surface area contributed by atoms with Gasteiger partial charge in [-0.3, -0.25) is 4.79 Å². The highest BCUT2D eigenvalue weighted by atomic mass is 19.2. The lowest BCUT2D eigenvalue weighted by atomic mass is 10.2. The number of ether oxygens (including phenoxy) is 1. The zero-order valence-electron chi connectivity index (χ0n) is 11.6. The van der Waals surface area contributed by atoms with Crippen LogP contribution >= 0.6 is 0 Å². The molecule has 0 aliphatic rings. The van der Waals surface area contributed by atoms with E-state index in [2.05, 4.69) is 9.89 Å². The molecule has 2 aromatic carbocycles. The van der Waals surface area contributed by atoms with Crippen molar-refractivity contribution in [3.8, 4) is 5.75 Å². The van der Waals surface area contributed by atoms with Crippen LogP contribution in [0.15, 0.2) is 28.8 Å². The minimum Gasteiger partial charge on any atom is -0.420 e. The second kappa shape index (κ2) is 5.91. The van der Waals surface area contributed by atoms with Crippen molar-refractivity contribution in [2.75, 3.05) is 0 Å². The average Bonchev–Trinajstić information content (AvgIpc) is 2.98. The molecule has 4 nitrogen and oxygen atoms in total. The molecule has 0 spiro atoms. The number of para-hydroxylation sites is 1. The van der Waals surface area contributed by atoms with Gasteiger partial charge >= 0.3 is 5.97 Å². The third-order valence-electron chi connectivity index (χ3n) is 3.15. The van der Waals surface area contributed by atoms with Gasteiger partial charge in [0.05, 0.1) is 6.42 Å². The number of hydrogen-bond acceptors (Lipinski definition) is 4. The number of hydrogen-bond donors (Lipinski definition) is 0. The first-order valence-electron chi connectivity index (χ1n) is 6.45. The van der Waals surface area contributed by atoms with Crippen LogP contribution in [0.1, 0.15) is 5.69 Å². The highest BCUT2D eigenvalue weighted by Gasteiger charge is 2.29. The van der Waals surface area contributed by atoms with Crippen molar-refractivity contribution in [3.05, 3.63) is 59.0 Å². The number of fused-ring (bicyclic) bond motifs is 1. The molecule has 124 valence electrons. The van der Waals surface area contributed by atoms with E-state index in [-0.39, 0.29) is 5.69 Å². The Bertz CT molecular complexity index is 925. The molecule has 0 saturated heterocycles. The maximum absolute atomic E-state index is 13.5. The number of aromatic nitrogens is 1. The highest BCUT2D eigenvalue weighted by Crippen LogP contribution is 2.29. The normalized spacial score (nSPS) is 11.0. The van der Waals surface area contributed by atoms with Crippen molar-refractivity contribution in [1.29, 1.82) is 0 Å². The van der Waals surface area contributed by atoms with Crippen molar-refractivity contribution in [3.63, 3.8) is 0 Å². The van der Waals surface area contributed by atoms with E-state index in [9.17, 15) is 26.7 Å². The topological polar surface area (TPSA) is 52.3 Å². The van der Waals surface area contributed by atoms with Crippen LogP contribution in [0, 0.1) is 29.1 Å². The lowest BCUT2D eigenvalue weighted by Gasteiger charge is -2.08. The number of halogens is 5. The number of nitrogens with zero attached hydrogens (tertiary/aromatic N) is 1. The Morgan fingerprint density at radius 2 is 1.54 bits per heavy atom. The summed E-state index contributed by atoms with van der Waals surface area (Å²) in [7, 11) is 0. The molecule has 0 fully saturated rings. The van der Waals surface area contributed by atoms with E-state index in [1.807, 2.05) is 0 Å². The van der Waals surface area contributed by atoms with E-state index in [4.69, 9.17) is 4.52 Å². The van der Waals surface area contributed by atoms with Gasteiger partial charge in [-0.15, -0.1) is 0 Å². The van der Waals surface area contributed by atoms with Gasteiger partial charge in [0, 0.05) is 5.39 Å². The Morgan fingerprint density at radius 1 is 0.958 bits per heavy atom. The van der Waals surface area contributed by atoms with Gasteiger partial charge in [-0.05, 0) is 12.1 Å². The lowest BCUT2D eigenvalue weighted by Crippen LogP contribution is -2.15. The van der Waals surface area contributed by atoms with Crippen LogP contribution in [0.2, 0.25) is 0 Å². The molecule has 0 aliphatic heterocycles. The summed E-state index contributed by atoms with van der Waals surface area (Å²) in [4.78, 5) is 11.8. The van der Waals surface area contributed by atoms with Gasteiger partial charge < -0.3 is 9.26 Å². The Labute approximate surface area is 130 Å². The van der Waals surface area contributed by atoms with Crippen molar-refractivity contribution >= 4 is 16.9 Å². The first-order valence-corrected chi connectivity index (χ1v) is 6.45. The number of carbonyl (C=O) groups excluding carboxylic acids is 1. The summed E-state index contributed by atoms with van der Waals surface area (Å²) in [5.41, 5.74) is 0.455. The monoisotopic (exact) mass is 343 g/mol. The van der Waals surface area contributed by atoms with Gasteiger partial charge in [-0.2, -0.15) is 8.78 Å². The van der Waals surface area contributed by atoms with Gasteiger partial charge in [0.25, 0.3) is 0 Å². The van der Waals surface area contributed by atoms with E-state index in [0.717, 1.165) is 0 Å². The van der Waals surface area contributed by atoms with Crippen molar-refractivity contribution in [2.45, 2.75) is 6.42 Å². The number of carbonyl (C=O) groups is 1. The van der Waals surface area contributed by atoms with Crippen molar-refractivity contribution < 1.29 is 36.0 Å². The van der Waals surface area contributed by atoms with Gasteiger partial charge in [-0.25, -0.2) is 13.2 Å². The van der Waals surface area contributed by atoms with Crippen LogP contribution in [0.25, 0.3) is 11.0 Å². The summed E-state index contributed by atoms with van der Waals surface area (Å²) >= 11 is 0. The summed E-state index contributed by atoms with van der Waals surface area (Å²) in [5.74, 6) is -14.1. The second-order valence-electron chi connectivity index (χ2n) is 4.68. The molecule has 0 aliphatic carbocycles. The Balaban J connectivity index is 1.88. The van der Waals surface area contributed by atoms with Gasteiger partial charge in [0.15, 0.2) is 5.58 Å². The number of esters is 1. The van der Waals surface area contributed by atoms with E-state index >= 15 is 0 Å². The summed E-state index contributed by atoms with van der Waals surface area (Å²) in [6.45, 7) is 0. The smallest absolute Gasteiger partial charge is 0.317 e. The molecule has 0 unspecified atom stereocenters. The van der Waals surface area contributed by atoms with E-state index in [1.165, 1.54) is 0 Å². The van der Waals surface area contributed by atoms with Crippen molar-refractivity contribution in [2.24, 2.45) is 0 Å². The first kappa shape index (κ1) is 15.9. The van der Waals surface area contributed by atoms with E-state index in [1.54, 1.807) is 24.3 Å². The molecule has 0 atom stereocenters. The predicted octanol–water partition coefficient (Wildman–Crippen LogP) is 3.67. The minimum atomic E-state index is -2.34. The molecule has 3 rings (SSSR count). The largest absolute Gasteiger partial charge is 0.420 e. The fourth-order valence-corrected chi connectivity index (χ4v) is 2.03. The summed E-state index contributed by atoms with van der Waals surface area (Å²) in [6.07, 6.45) is -0.587. The van der Waals surface area contributed by atoms with E-state index < -0.39 is 47.2 Å². The standard InChI is InChI=1S/C15H6F5NO3/c16-10-11(17)13(19)15(14(20)12(10)18)23-9(22)5-7-6-3-1-2-4-8(6)24-21-7/h1-4H,5H2. The lowest BCUT2D eigenvalue weighted by molar-refractivity contribution is -0.134. The van der Waals surface area contributed by atoms with Crippen LogP contribution in [-0.4, -0.2) is 11.1 Å². The quantitative estimate of drug-likeness (QED) is 0.239. The van der Waals surface area contributed by atoms with E-state index in [0.29, 0.717) is 11.0 Å².